The summed E-state index contributed by atoms with van der Waals surface area (Å²) in [6.45, 7) is 10.3. The molecule has 0 amide bonds. The fourth-order valence-electron chi connectivity index (χ4n) is 1.60. The Balaban J connectivity index is 2.14. The summed E-state index contributed by atoms with van der Waals surface area (Å²) in [6.07, 6.45) is 5.65. The number of rotatable bonds is 5. The van der Waals surface area contributed by atoms with E-state index in [9.17, 15) is 0 Å². The molecule has 0 aromatic rings. The predicted molar refractivity (Wildman–Crippen MR) is 58.9 cm³/mol. The minimum absolute atomic E-state index is 0.428. The second kappa shape index (κ2) is 4.45. The van der Waals surface area contributed by atoms with Crippen molar-refractivity contribution >= 4 is 0 Å². The lowest BCUT2D eigenvalue weighted by molar-refractivity contribution is 0.333. The van der Waals surface area contributed by atoms with Crippen molar-refractivity contribution in [3.05, 3.63) is 0 Å². The number of hydrogen-bond acceptors (Lipinski definition) is 1. The minimum atomic E-state index is 0.428. The zero-order valence-corrected chi connectivity index (χ0v) is 9.69. The Hall–Kier alpha value is -0.0400. The van der Waals surface area contributed by atoms with Crippen LogP contribution in [0.5, 0.6) is 0 Å². The molecule has 1 heteroatoms. The first kappa shape index (κ1) is 11.0. The van der Waals surface area contributed by atoms with E-state index in [0.717, 1.165) is 18.5 Å². The van der Waals surface area contributed by atoms with E-state index in [1.54, 1.807) is 0 Å². The van der Waals surface area contributed by atoms with E-state index in [-0.39, 0.29) is 0 Å². The van der Waals surface area contributed by atoms with Crippen LogP contribution in [-0.2, 0) is 0 Å². The highest BCUT2D eigenvalue weighted by Gasteiger charge is 2.25. The molecule has 0 heterocycles. The molecule has 13 heavy (non-hydrogen) atoms. The highest BCUT2D eigenvalue weighted by atomic mass is 14.9. The largest absolute Gasteiger partial charge is 0.313 e. The molecule has 1 unspecified atom stereocenters. The molecule has 0 spiro atoms. The molecule has 1 atom stereocenters. The van der Waals surface area contributed by atoms with Crippen LogP contribution in [0.3, 0.4) is 0 Å². The Morgan fingerprint density at radius 1 is 1.31 bits per heavy atom. The molecule has 1 aliphatic rings. The second-order valence-electron chi connectivity index (χ2n) is 5.73. The zero-order valence-electron chi connectivity index (χ0n) is 9.69. The summed E-state index contributed by atoms with van der Waals surface area (Å²) < 4.78 is 0. The maximum absolute atomic E-state index is 3.68. The van der Waals surface area contributed by atoms with E-state index in [1.165, 1.54) is 25.7 Å². The maximum atomic E-state index is 3.68. The smallest absolute Gasteiger partial charge is 0.00673 e. The van der Waals surface area contributed by atoms with Gasteiger partial charge in [-0.3, -0.25) is 0 Å². The van der Waals surface area contributed by atoms with Gasteiger partial charge in [0.05, 0.1) is 0 Å². The van der Waals surface area contributed by atoms with Crippen molar-refractivity contribution in [1.82, 2.24) is 5.32 Å². The number of hydrogen-bond donors (Lipinski definition) is 1. The van der Waals surface area contributed by atoms with E-state index in [2.05, 4.69) is 33.0 Å². The molecule has 0 aromatic heterocycles. The maximum Gasteiger partial charge on any atom is 0.00673 e. The van der Waals surface area contributed by atoms with E-state index in [1.807, 2.05) is 0 Å². The first-order valence-electron chi connectivity index (χ1n) is 5.74. The van der Waals surface area contributed by atoms with Crippen LogP contribution < -0.4 is 5.32 Å². The molecule has 0 aliphatic heterocycles. The van der Waals surface area contributed by atoms with Crippen molar-refractivity contribution in [2.24, 2.45) is 11.3 Å². The van der Waals surface area contributed by atoms with Crippen molar-refractivity contribution in [2.45, 2.75) is 59.4 Å². The Kier molecular flexibility index (Phi) is 3.78. The summed E-state index contributed by atoms with van der Waals surface area (Å²) in [4.78, 5) is 0. The van der Waals surface area contributed by atoms with Gasteiger partial charge >= 0.3 is 0 Å². The van der Waals surface area contributed by atoms with Crippen molar-refractivity contribution in [2.75, 3.05) is 6.54 Å². The van der Waals surface area contributed by atoms with Crippen LogP contribution in [0.1, 0.15) is 53.4 Å². The Morgan fingerprint density at radius 3 is 2.31 bits per heavy atom. The molecule has 1 rings (SSSR count). The average molecular weight is 183 g/mol. The summed E-state index contributed by atoms with van der Waals surface area (Å²) in [5, 5.41) is 3.68. The lowest BCUT2D eigenvalue weighted by Crippen LogP contribution is -2.35. The first-order valence-corrected chi connectivity index (χ1v) is 5.74. The lowest BCUT2D eigenvalue weighted by atomic mass is 9.96. The molecule has 1 fully saturated rings. The Labute approximate surface area is 83.3 Å². The van der Waals surface area contributed by atoms with Crippen LogP contribution >= 0.6 is 0 Å². The van der Waals surface area contributed by atoms with Crippen molar-refractivity contribution in [3.63, 3.8) is 0 Å². The third kappa shape index (κ3) is 5.30. The highest BCUT2D eigenvalue weighted by molar-refractivity contribution is 4.80. The van der Waals surface area contributed by atoms with Gasteiger partial charge < -0.3 is 5.32 Å². The lowest BCUT2D eigenvalue weighted by Gasteiger charge is -2.24. The standard InChI is InChI=1S/C12H25N/c1-5-11(8-10-6-7-10)13-9-12(2,3)4/h10-11,13H,5-9H2,1-4H3. The van der Waals surface area contributed by atoms with Gasteiger partial charge in [-0.25, -0.2) is 0 Å². The molecular weight excluding hydrogens is 158 g/mol. The van der Waals surface area contributed by atoms with Gasteiger partial charge in [-0.2, -0.15) is 0 Å². The van der Waals surface area contributed by atoms with E-state index < -0.39 is 0 Å². The van der Waals surface area contributed by atoms with Gasteiger partial charge in [-0.15, -0.1) is 0 Å². The van der Waals surface area contributed by atoms with Crippen LogP contribution in [0.4, 0.5) is 0 Å². The molecule has 0 radical (unpaired) electrons. The van der Waals surface area contributed by atoms with E-state index in [4.69, 9.17) is 0 Å². The van der Waals surface area contributed by atoms with Gasteiger partial charge in [-0.1, -0.05) is 40.5 Å². The topological polar surface area (TPSA) is 12.0 Å². The summed E-state index contributed by atoms with van der Waals surface area (Å²) in [5.74, 6) is 1.05. The molecule has 1 aliphatic carbocycles. The molecule has 0 aromatic carbocycles. The van der Waals surface area contributed by atoms with Gasteiger partial charge in [-0.05, 0) is 24.2 Å². The summed E-state index contributed by atoms with van der Waals surface area (Å²) in [5.41, 5.74) is 0.428. The number of nitrogens with one attached hydrogen (secondary N) is 1. The molecule has 1 nitrogen and oxygen atoms in total. The normalized spacial score (nSPS) is 20.3. The Morgan fingerprint density at radius 2 is 1.92 bits per heavy atom. The zero-order chi connectivity index (χ0) is 9.90. The average Bonchev–Trinajstić information content (AvgIpc) is 2.79. The summed E-state index contributed by atoms with van der Waals surface area (Å²) in [6, 6.07) is 0.770. The van der Waals surface area contributed by atoms with Gasteiger partial charge in [0.2, 0.25) is 0 Å². The summed E-state index contributed by atoms with van der Waals surface area (Å²) in [7, 11) is 0. The molecule has 0 saturated heterocycles. The van der Waals surface area contributed by atoms with Crippen LogP contribution in [0, 0.1) is 11.3 Å². The Bertz CT molecular complexity index is 142. The molecular formula is C12H25N. The van der Waals surface area contributed by atoms with Gasteiger partial charge in [0.25, 0.3) is 0 Å². The van der Waals surface area contributed by atoms with E-state index >= 15 is 0 Å². The highest BCUT2D eigenvalue weighted by Crippen LogP contribution is 2.34. The third-order valence-electron chi connectivity index (χ3n) is 2.73. The molecule has 78 valence electrons. The quantitative estimate of drug-likeness (QED) is 0.690. The van der Waals surface area contributed by atoms with Crippen LogP contribution in [0.25, 0.3) is 0 Å². The fraction of sp³-hybridized carbons (Fsp3) is 1.00. The molecule has 1 N–H and O–H groups in total. The van der Waals surface area contributed by atoms with E-state index in [0.29, 0.717) is 5.41 Å². The van der Waals surface area contributed by atoms with Crippen molar-refractivity contribution in [3.8, 4) is 0 Å². The van der Waals surface area contributed by atoms with Crippen molar-refractivity contribution < 1.29 is 0 Å². The predicted octanol–water partition coefficient (Wildman–Crippen LogP) is 3.20. The third-order valence-corrected chi connectivity index (χ3v) is 2.73. The minimum Gasteiger partial charge on any atom is -0.313 e. The summed E-state index contributed by atoms with van der Waals surface area (Å²) >= 11 is 0. The monoisotopic (exact) mass is 183 g/mol. The fourth-order valence-corrected chi connectivity index (χ4v) is 1.60. The second-order valence-corrected chi connectivity index (χ2v) is 5.73. The first-order chi connectivity index (χ1) is 6.01. The molecule has 1 saturated carbocycles. The van der Waals surface area contributed by atoms with Crippen LogP contribution in [0.2, 0.25) is 0 Å². The van der Waals surface area contributed by atoms with Crippen LogP contribution in [0.15, 0.2) is 0 Å². The van der Waals surface area contributed by atoms with Crippen LogP contribution in [-0.4, -0.2) is 12.6 Å². The van der Waals surface area contributed by atoms with Crippen molar-refractivity contribution in [1.29, 1.82) is 0 Å². The van der Waals surface area contributed by atoms with Gasteiger partial charge in [0.15, 0.2) is 0 Å². The van der Waals surface area contributed by atoms with Gasteiger partial charge in [0, 0.05) is 12.6 Å². The molecule has 0 bridgehead atoms. The van der Waals surface area contributed by atoms with Gasteiger partial charge in [0.1, 0.15) is 0 Å². The SMILES string of the molecule is CCC(CC1CC1)NCC(C)(C)C.